The van der Waals surface area contributed by atoms with Gasteiger partial charge in [-0.25, -0.2) is 4.98 Å². The first kappa shape index (κ1) is 21.1. The molecule has 0 radical (unpaired) electrons. The average Bonchev–Trinajstić information content (AvgIpc) is 2.89. The quantitative estimate of drug-likeness (QED) is 0.348. The monoisotopic (exact) mass is 432 g/mol. The highest BCUT2D eigenvalue weighted by Crippen LogP contribution is 2.30. The second kappa shape index (κ2) is 9.80. The summed E-state index contributed by atoms with van der Waals surface area (Å²) >= 11 is 0. The minimum absolute atomic E-state index is 1.04. The van der Waals surface area contributed by atoms with Gasteiger partial charge in [-0.1, -0.05) is 66.7 Å². The molecule has 1 fully saturated rings. The van der Waals surface area contributed by atoms with Gasteiger partial charge < -0.3 is 9.80 Å². The van der Waals surface area contributed by atoms with Gasteiger partial charge in [-0.15, -0.1) is 0 Å². The third-order valence-corrected chi connectivity index (χ3v) is 6.17. The Balaban J connectivity index is 0.000000190. The van der Waals surface area contributed by atoms with Crippen LogP contribution in [-0.2, 0) is 0 Å². The topological polar surface area (TPSA) is 32.3 Å². The Morgan fingerprint density at radius 3 is 2.18 bits per heavy atom. The zero-order chi connectivity index (χ0) is 22.5. The first-order valence-electron chi connectivity index (χ1n) is 11.5. The van der Waals surface area contributed by atoms with E-state index in [1.807, 2.05) is 36.7 Å². The fourth-order valence-electron chi connectivity index (χ4n) is 4.25. The predicted octanol–water partition coefficient (Wildman–Crippen LogP) is 5.89. The van der Waals surface area contributed by atoms with Crippen LogP contribution in [0.2, 0.25) is 0 Å². The predicted molar refractivity (Wildman–Crippen MR) is 139 cm³/mol. The van der Waals surface area contributed by atoms with E-state index in [-0.39, 0.29) is 0 Å². The molecule has 1 aliphatic heterocycles. The molecule has 4 heteroatoms. The number of hydrogen-bond acceptors (Lipinski definition) is 4. The normalized spacial score (nSPS) is 14.2. The molecule has 5 aromatic rings. The molecular weight excluding hydrogens is 404 g/mol. The molecule has 0 unspecified atom stereocenters. The molecule has 0 bridgehead atoms. The summed E-state index contributed by atoms with van der Waals surface area (Å²) in [4.78, 5) is 13.7. The standard InChI is InChI=1S/C20H21N3.C9H7N/c1-22-11-13-23(14-12-22)20-19-15-18(16-5-3-2-4-6-16)8-7-17(19)9-10-21-20;1-2-6-9-8(4-1)5-3-7-10-9/h2-10,15H,11-14H2,1H3;1-7H. The van der Waals surface area contributed by atoms with Crippen molar-refractivity contribution < 1.29 is 0 Å². The van der Waals surface area contributed by atoms with Crippen molar-refractivity contribution >= 4 is 27.5 Å². The largest absolute Gasteiger partial charge is 0.354 e. The number of para-hydroxylation sites is 1. The number of aromatic nitrogens is 2. The van der Waals surface area contributed by atoms with Gasteiger partial charge in [0.15, 0.2) is 0 Å². The summed E-state index contributed by atoms with van der Waals surface area (Å²) in [6.45, 7) is 4.27. The highest BCUT2D eigenvalue weighted by Gasteiger charge is 2.17. The lowest BCUT2D eigenvalue weighted by atomic mass is 10.0. The van der Waals surface area contributed by atoms with Gasteiger partial charge in [-0.2, -0.15) is 0 Å². The second-order valence-electron chi connectivity index (χ2n) is 8.42. The summed E-state index contributed by atoms with van der Waals surface area (Å²) < 4.78 is 0. The number of fused-ring (bicyclic) bond motifs is 2. The smallest absolute Gasteiger partial charge is 0.136 e. The molecule has 1 saturated heterocycles. The van der Waals surface area contributed by atoms with E-state index in [2.05, 4.69) is 88.6 Å². The number of likely N-dealkylation sites (N-methyl/N-ethyl adjacent to an activating group) is 1. The molecule has 2 aromatic heterocycles. The fourth-order valence-corrected chi connectivity index (χ4v) is 4.25. The van der Waals surface area contributed by atoms with E-state index in [4.69, 9.17) is 4.98 Å². The van der Waals surface area contributed by atoms with Crippen LogP contribution in [0.3, 0.4) is 0 Å². The van der Waals surface area contributed by atoms with E-state index in [9.17, 15) is 0 Å². The third-order valence-electron chi connectivity index (χ3n) is 6.17. The molecule has 0 N–H and O–H groups in total. The molecule has 3 aromatic carbocycles. The van der Waals surface area contributed by atoms with Crippen LogP contribution in [0.15, 0.2) is 103 Å². The molecule has 0 aliphatic carbocycles. The highest BCUT2D eigenvalue weighted by molar-refractivity contribution is 5.95. The van der Waals surface area contributed by atoms with Gasteiger partial charge >= 0.3 is 0 Å². The summed E-state index contributed by atoms with van der Waals surface area (Å²) in [5, 5.41) is 3.71. The SMILES string of the molecule is CN1CCN(c2nccc3ccc(-c4ccccc4)cc23)CC1.c1ccc2ncccc2c1. The Hall–Kier alpha value is -3.76. The van der Waals surface area contributed by atoms with Crippen LogP contribution in [-0.4, -0.2) is 48.1 Å². The first-order valence-corrected chi connectivity index (χ1v) is 11.5. The molecule has 33 heavy (non-hydrogen) atoms. The number of piperazine rings is 1. The van der Waals surface area contributed by atoms with Crippen molar-refractivity contribution in [2.45, 2.75) is 0 Å². The van der Waals surface area contributed by atoms with Gasteiger partial charge in [-0.3, -0.25) is 4.98 Å². The van der Waals surface area contributed by atoms with Crippen LogP contribution >= 0.6 is 0 Å². The number of hydrogen-bond donors (Lipinski definition) is 0. The van der Waals surface area contributed by atoms with E-state index in [1.54, 1.807) is 0 Å². The molecule has 0 amide bonds. The van der Waals surface area contributed by atoms with Gasteiger partial charge in [0.1, 0.15) is 5.82 Å². The van der Waals surface area contributed by atoms with Gasteiger partial charge in [-0.05, 0) is 47.8 Å². The van der Waals surface area contributed by atoms with E-state index in [0.717, 1.165) is 37.5 Å². The maximum atomic E-state index is 4.70. The second-order valence-corrected chi connectivity index (χ2v) is 8.42. The summed E-state index contributed by atoms with van der Waals surface area (Å²) in [6.07, 6.45) is 3.74. The molecule has 164 valence electrons. The average molecular weight is 433 g/mol. The molecule has 0 saturated carbocycles. The van der Waals surface area contributed by atoms with E-state index in [0.29, 0.717) is 0 Å². The van der Waals surface area contributed by atoms with E-state index in [1.165, 1.54) is 27.3 Å². The van der Waals surface area contributed by atoms with E-state index >= 15 is 0 Å². The van der Waals surface area contributed by atoms with Gasteiger partial charge in [0, 0.05) is 49.3 Å². The van der Waals surface area contributed by atoms with Crippen molar-refractivity contribution in [2.24, 2.45) is 0 Å². The Morgan fingerprint density at radius 1 is 0.606 bits per heavy atom. The zero-order valence-corrected chi connectivity index (χ0v) is 18.9. The molecule has 6 rings (SSSR count). The number of nitrogens with zero attached hydrogens (tertiary/aromatic N) is 4. The molecule has 1 aliphatic rings. The van der Waals surface area contributed by atoms with Crippen molar-refractivity contribution in [3.8, 4) is 11.1 Å². The zero-order valence-electron chi connectivity index (χ0n) is 18.9. The number of rotatable bonds is 2. The number of pyridine rings is 2. The van der Waals surface area contributed by atoms with Crippen LogP contribution in [0, 0.1) is 0 Å². The summed E-state index contributed by atoms with van der Waals surface area (Å²) in [6, 6.07) is 31.4. The van der Waals surface area contributed by atoms with Crippen LogP contribution in [0.5, 0.6) is 0 Å². The molecule has 3 heterocycles. The fraction of sp³-hybridized carbons (Fsp3) is 0.172. The Labute approximate surface area is 195 Å². The summed E-state index contributed by atoms with van der Waals surface area (Å²) in [5.74, 6) is 1.12. The first-order chi connectivity index (χ1) is 16.3. The Morgan fingerprint density at radius 2 is 1.36 bits per heavy atom. The van der Waals surface area contributed by atoms with Crippen molar-refractivity contribution in [3.63, 3.8) is 0 Å². The lowest BCUT2D eigenvalue weighted by Crippen LogP contribution is -2.44. The highest BCUT2D eigenvalue weighted by atomic mass is 15.3. The van der Waals surface area contributed by atoms with Crippen molar-refractivity contribution in [2.75, 3.05) is 38.1 Å². The van der Waals surface area contributed by atoms with Gasteiger partial charge in [0.25, 0.3) is 0 Å². The van der Waals surface area contributed by atoms with E-state index < -0.39 is 0 Å². The van der Waals surface area contributed by atoms with Crippen molar-refractivity contribution in [3.05, 3.63) is 103 Å². The Kier molecular flexibility index (Phi) is 6.27. The van der Waals surface area contributed by atoms with Crippen LogP contribution in [0.25, 0.3) is 32.8 Å². The summed E-state index contributed by atoms with van der Waals surface area (Å²) in [5.41, 5.74) is 3.56. The summed E-state index contributed by atoms with van der Waals surface area (Å²) in [7, 11) is 2.18. The van der Waals surface area contributed by atoms with Crippen LogP contribution in [0.4, 0.5) is 5.82 Å². The van der Waals surface area contributed by atoms with Crippen molar-refractivity contribution in [1.82, 2.24) is 14.9 Å². The maximum Gasteiger partial charge on any atom is 0.136 e. The van der Waals surface area contributed by atoms with Gasteiger partial charge in [0.05, 0.1) is 5.52 Å². The molecule has 0 spiro atoms. The number of benzene rings is 3. The Bertz CT molecular complexity index is 1280. The lowest BCUT2D eigenvalue weighted by Gasteiger charge is -2.33. The van der Waals surface area contributed by atoms with Gasteiger partial charge in [0.2, 0.25) is 0 Å². The van der Waals surface area contributed by atoms with Crippen LogP contribution in [0.1, 0.15) is 0 Å². The van der Waals surface area contributed by atoms with Crippen molar-refractivity contribution in [1.29, 1.82) is 0 Å². The lowest BCUT2D eigenvalue weighted by molar-refractivity contribution is 0.312. The minimum atomic E-state index is 1.04. The molecular formula is C29H28N4. The maximum absolute atomic E-state index is 4.70. The third kappa shape index (κ3) is 4.86. The minimum Gasteiger partial charge on any atom is -0.354 e. The van der Waals surface area contributed by atoms with Crippen LogP contribution < -0.4 is 4.90 Å². The molecule has 0 atom stereocenters. The number of anilines is 1. The molecule has 4 nitrogen and oxygen atoms in total.